The second-order valence-corrected chi connectivity index (χ2v) is 4.16. The molecule has 1 aliphatic rings. The minimum Gasteiger partial charge on any atom is -0.383 e. The summed E-state index contributed by atoms with van der Waals surface area (Å²) in [7, 11) is 1.72. The van der Waals surface area contributed by atoms with Crippen molar-refractivity contribution in [3.63, 3.8) is 0 Å². The zero-order valence-electron chi connectivity index (χ0n) is 10.1. The quantitative estimate of drug-likeness (QED) is 0.750. The first-order valence-electron chi connectivity index (χ1n) is 5.97. The molecule has 0 radical (unpaired) electrons. The van der Waals surface area contributed by atoms with E-state index in [2.05, 4.69) is 26.6 Å². The number of hydrogen-bond donors (Lipinski definition) is 0. The molecule has 0 aromatic carbocycles. The Kier molecular flexibility index (Phi) is 3.90. The Balaban J connectivity index is 2.10. The molecule has 16 heavy (non-hydrogen) atoms. The van der Waals surface area contributed by atoms with Gasteiger partial charge in [0.05, 0.1) is 12.6 Å². The summed E-state index contributed by atoms with van der Waals surface area (Å²) in [6.45, 7) is 6.02. The number of nitrogens with zero attached hydrogens (tertiary/aromatic N) is 4. The second kappa shape index (κ2) is 5.41. The molecule has 1 aliphatic heterocycles. The molecule has 2 rings (SSSR count). The van der Waals surface area contributed by atoms with Crippen LogP contribution in [0.5, 0.6) is 0 Å². The molecule has 90 valence electrons. The highest BCUT2D eigenvalue weighted by Crippen LogP contribution is 2.29. The van der Waals surface area contributed by atoms with Crippen molar-refractivity contribution in [3.8, 4) is 0 Å². The Hall–Kier alpha value is -0.940. The van der Waals surface area contributed by atoms with E-state index in [0.717, 1.165) is 18.9 Å². The van der Waals surface area contributed by atoms with E-state index in [-0.39, 0.29) is 0 Å². The van der Waals surface area contributed by atoms with Gasteiger partial charge in [0.1, 0.15) is 12.2 Å². The van der Waals surface area contributed by atoms with Crippen LogP contribution < -0.4 is 0 Å². The Morgan fingerprint density at radius 2 is 2.44 bits per heavy atom. The van der Waals surface area contributed by atoms with Gasteiger partial charge in [0, 0.05) is 13.7 Å². The van der Waals surface area contributed by atoms with E-state index in [4.69, 9.17) is 4.74 Å². The minimum atomic E-state index is 0.448. The fraction of sp³-hybridized carbons (Fsp3) is 0.818. The predicted octanol–water partition coefficient (Wildman–Crippen LogP) is 1.08. The SMILES string of the molecule is CCN1CCCC1c1nncn1CCOC. The van der Waals surface area contributed by atoms with E-state index in [1.165, 1.54) is 19.4 Å². The number of ether oxygens (including phenoxy) is 1. The number of methoxy groups -OCH3 is 1. The molecule has 0 spiro atoms. The molecule has 1 saturated heterocycles. The zero-order chi connectivity index (χ0) is 11.4. The van der Waals surface area contributed by atoms with Gasteiger partial charge < -0.3 is 9.30 Å². The lowest BCUT2D eigenvalue weighted by molar-refractivity contribution is 0.182. The first-order valence-corrected chi connectivity index (χ1v) is 5.97. The van der Waals surface area contributed by atoms with Gasteiger partial charge in [0.25, 0.3) is 0 Å². The van der Waals surface area contributed by atoms with Crippen LogP contribution in [-0.4, -0.2) is 46.5 Å². The Morgan fingerprint density at radius 3 is 3.19 bits per heavy atom. The first kappa shape index (κ1) is 11.5. The molecule has 5 heteroatoms. The highest BCUT2D eigenvalue weighted by molar-refractivity contribution is 4.98. The molecule has 0 amide bonds. The highest BCUT2D eigenvalue weighted by Gasteiger charge is 2.28. The smallest absolute Gasteiger partial charge is 0.150 e. The summed E-state index contributed by atoms with van der Waals surface area (Å²) >= 11 is 0. The van der Waals surface area contributed by atoms with Crippen LogP contribution in [0.3, 0.4) is 0 Å². The highest BCUT2D eigenvalue weighted by atomic mass is 16.5. The maximum atomic E-state index is 5.10. The van der Waals surface area contributed by atoms with Crippen molar-refractivity contribution < 1.29 is 4.74 Å². The molecule has 1 atom stereocenters. The fourth-order valence-corrected chi connectivity index (χ4v) is 2.38. The van der Waals surface area contributed by atoms with Crippen molar-refractivity contribution >= 4 is 0 Å². The summed E-state index contributed by atoms with van der Waals surface area (Å²) in [6, 6.07) is 0.448. The van der Waals surface area contributed by atoms with Crippen LogP contribution >= 0.6 is 0 Å². The maximum Gasteiger partial charge on any atom is 0.150 e. The molecule has 0 N–H and O–H groups in total. The standard InChI is InChI=1S/C11H20N4O/c1-3-14-6-4-5-10(14)11-13-12-9-15(11)7-8-16-2/h9-10H,3-8H2,1-2H3. The fourth-order valence-electron chi connectivity index (χ4n) is 2.38. The van der Waals surface area contributed by atoms with Crippen LogP contribution in [0.4, 0.5) is 0 Å². The third kappa shape index (κ3) is 2.25. The van der Waals surface area contributed by atoms with Crippen LogP contribution in [0.1, 0.15) is 31.6 Å². The van der Waals surface area contributed by atoms with Crippen LogP contribution in [0.25, 0.3) is 0 Å². The van der Waals surface area contributed by atoms with E-state index in [0.29, 0.717) is 12.6 Å². The second-order valence-electron chi connectivity index (χ2n) is 4.16. The molecule has 0 saturated carbocycles. The molecule has 5 nitrogen and oxygen atoms in total. The lowest BCUT2D eigenvalue weighted by atomic mass is 10.2. The summed E-state index contributed by atoms with van der Waals surface area (Å²) in [4.78, 5) is 2.47. The number of likely N-dealkylation sites (tertiary alicyclic amines) is 1. The molecule has 2 heterocycles. The molecule has 0 aliphatic carbocycles. The molecular formula is C11H20N4O. The van der Waals surface area contributed by atoms with E-state index in [9.17, 15) is 0 Å². The van der Waals surface area contributed by atoms with E-state index in [1.54, 1.807) is 13.4 Å². The summed E-state index contributed by atoms with van der Waals surface area (Å²) < 4.78 is 7.21. The summed E-state index contributed by atoms with van der Waals surface area (Å²) in [5, 5.41) is 8.28. The maximum absolute atomic E-state index is 5.10. The Bertz CT molecular complexity index is 326. The van der Waals surface area contributed by atoms with Gasteiger partial charge in [-0.1, -0.05) is 6.92 Å². The van der Waals surface area contributed by atoms with Gasteiger partial charge in [-0.15, -0.1) is 10.2 Å². The zero-order valence-corrected chi connectivity index (χ0v) is 10.1. The average molecular weight is 224 g/mol. The van der Waals surface area contributed by atoms with Gasteiger partial charge in [0.2, 0.25) is 0 Å². The summed E-state index contributed by atoms with van der Waals surface area (Å²) in [5.74, 6) is 1.09. The van der Waals surface area contributed by atoms with Crippen molar-refractivity contribution in [2.45, 2.75) is 32.4 Å². The van der Waals surface area contributed by atoms with Crippen LogP contribution in [0.2, 0.25) is 0 Å². The number of aromatic nitrogens is 3. The van der Waals surface area contributed by atoms with Crippen LogP contribution in [0.15, 0.2) is 6.33 Å². The van der Waals surface area contributed by atoms with Gasteiger partial charge in [0.15, 0.2) is 0 Å². The van der Waals surface area contributed by atoms with Crippen molar-refractivity contribution in [2.24, 2.45) is 0 Å². The van der Waals surface area contributed by atoms with Crippen molar-refractivity contribution in [1.82, 2.24) is 19.7 Å². The van der Waals surface area contributed by atoms with Crippen LogP contribution in [0, 0.1) is 0 Å². The van der Waals surface area contributed by atoms with E-state index in [1.807, 2.05) is 0 Å². The van der Waals surface area contributed by atoms with Gasteiger partial charge >= 0.3 is 0 Å². The summed E-state index contributed by atoms with van der Waals surface area (Å²) in [5.41, 5.74) is 0. The van der Waals surface area contributed by atoms with Gasteiger partial charge in [-0.2, -0.15) is 0 Å². The van der Waals surface area contributed by atoms with Gasteiger partial charge in [-0.25, -0.2) is 0 Å². The van der Waals surface area contributed by atoms with Crippen molar-refractivity contribution in [3.05, 3.63) is 12.2 Å². The Labute approximate surface area is 96.4 Å². The molecule has 1 fully saturated rings. The van der Waals surface area contributed by atoms with Gasteiger partial charge in [-0.3, -0.25) is 4.90 Å². The molecule has 1 aromatic rings. The minimum absolute atomic E-state index is 0.448. The number of rotatable bonds is 5. The lowest BCUT2D eigenvalue weighted by Crippen LogP contribution is -2.25. The topological polar surface area (TPSA) is 43.2 Å². The predicted molar refractivity (Wildman–Crippen MR) is 61.1 cm³/mol. The third-order valence-corrected chi connectivity index (χ3v) is 3.25. The molecule has 1 aromatic heterocycles. The average Bonchev–Trinajstić information content (AvgIpc) is 2.93. The van der Waals surface area contributed by atoms with Crippen LogP contribution in [-0.2, 0) is 11.3 Å². The normalized spacial score (nSPS) is 21.8. The van der Waals surface area contributed by atoms with Crippen molar-refractivity contribution in [1.29, 1.82) is 0 Å². The molecule has 0 bridgehead atoms. The lowest BCUT2D eigenvalue weighted by Gasteiger charge is -2.22. The molecule has 1 unspecified atom stereocenters. The third-order valence-electron chi connectivity index (χ3n) is 3.25. The first-order chi connectivity index (χ1) is 7.86. The Morgan fingerprint density at radius 1 is 1.56 bits per heavy atom. The summed E-state index contributed by atoms with van der Waals surface area (Å²) in [6.07, 6.45) is 4.26. The van der Waals surface area contributed by atoms with E-state index >= 15 is 0 Å². The largest absolute Gasteiger partial charge is 0.383 e. The monoisotopic (exact) mass is 224 g/mol. The van der Waals surface area contributed by atoms with Gasteiger partial charge in [-0.05, 0) is 25.9 Å². The molecular weight excluding hydrogens is 204 g/mol. The number of hydrogen-bond acceptors (Lipinski definition) is 4. The van der Waals surface area contributed by atoms with Crippen molar-refractivity contribution in [2.75, 3.05) is 26.8 Å². The van der Waals surface area contributed by atoms with E-state index < -0.39 is 0 Å².